The minimum Gasteiger partial charge on any atom is -0.340 e. The lowest BCUT2D eigenvalue weighted by atomic mass is 10.1. The van der Waals surface area contributed by atoms with Crippen LogP contribution in [0.1, 0.15) is 23.6 Å². The Balaban J connectivity index is 1.60. The molecule has 0 aliphatic carbocycles. The number of nitrogens with zero attached hydrogens (tertiary/aromatic N) is 1. The highest BCUT2D eigenvalue weighted by atomic mass is 16.1. The fourth-order valence-electron chi connectivity index (χ4n) is 2.73. The van der Waals surface area contributed by atoms with Crippen molar-refractivity contribution in [1.29, 1.82) is 0 Å². The molecule has 3 rings (SSSR count). The smallest absolute Gasteiger partial charge is 0.228 e. The summed E-state index contributed by atoms with van der Waals surface area (Å²) in [6.07, 6.45) is 2.98. The largest absolute Gasteiger partial charge is 0.340 e. The molecule has 1 amide bonds. The molecule has 26 heavy (non-hydrogen) atoms. The molecule has 0 fully saturated rings. The van der Waals surface area contributed by atoms with E-state index in [1.807, 2.05) is 61.5 Å². The zero-order valence-electron chi connectivity index (χ0n) is 15.1. The molecular weight excluding hydrogens is 322 g/mol. The number of aryl methyl sites for hydroxylation is 2. The second-order valence-electron chi connectivity index (χ2n) is 6.28. The van der Waals surface area contributed by atoms with Crippen molar-refractivity contribution < 1.29 is 4.79 Å². The molecule has 0 bridgehead atoms. The van der Waals surface area contributed by atoms with Crippen LogP contribution in [0.5, 0.6) is 0 Å². The zero-order valence-corrected chi connectivity index (χ0v) is 15.1. The summed E-state index contributed by atoms with van der Waals surface area (Å²) in [5.74, 6) is 0.704. The number of carbonyl (C=O) groups excluding carboxylic acids is 1. The van der Waals surface area contributed by atoms with E-state index in [4.69, 9.17) is 0 Å². The fourth-order valence-corrected chi connectivity index (χ4v) is 2.73. The molecule has 0 aliphatic rings. The molecule has 2 N–H and O–H groups in total. The van der Waals surface area contributed by atoms with Gasteiger partial charge in [-0.1, -0.05) is 55.0 Å². The van der Waals surface area contributed by atoms with E-state index in [1.54, 1.807) is 6.20 Å². The molecule has 4 nitrogen and oxygen atoms in total. The molecule has 0 saturated carbocycles. The first-order valence-corrected chi connectivity index (χ1v) is 8.80. The van der Waals surface area contributed by atoms with Crippen LogP contribution in [0, 0.1) is 6.92 Å². The maximum atomic E-state index is 12.2. The molecule has 0 aliphatic heterocycles. The van der Waals surface area contributed by atoms with Gasteiger partial charge < -0.3 is 10.6 Å². The maximum Gasteiger partial charge on any atom is 0.228 e. The summed E-state index contributed by atoms with van der Waals surface area (Å²) in [6, 6.07) is 19.9. The highest BCUT2D eigenvalue weighted by Crippen LogP contribution is 2.20. The minimum atomic E-state index is -0.0484. The van der Waals surface area contributed by atoms with Crippen molar-refractivity contribution in [2.45, 2.75) is 26.7 Å². The quantitative estimate of drug-likeness (QED) is 0.669. The Labute approximate surface area is 154 Å². The molecule has 1 aromatic heterocycles. The minimum absolute atomic E-state index is 0.0484. The topological polar surface area (TPSA) is 54.0 Å². The third-order valence-electron chi connectivity index (χ3n) is 4.19. The van der Waals surface area contributed by atoms with Crippen molar-refractivity contribution in [3.8, 4) is 0 Å². The number of anilines is 3. The van der Waals surface area contributed by atoms with Crippen molar-refractivity contribution in [3.63, 3.8) is 0 Å². The van der Waals surface area contributed by atoms with Crippen LogP contribution in [0.3, 0.4) is 0 Å². The molecule has 4 heteroatoms. The van der Waals surface area contributed by atoms with E-state index in [0.29, 0.717) is 12.1 Å². The number of aromatic nitrogens is 1. The van der Waals surface area contributed by atoms with Gasteiger partial charge in [-0.3, -0.25) is 4.79 Å². The summed E-state index contributed by atoms with van der Waals surface area (Å²) < 4.78 is 0. The van der Waals surface area contributed by atoms with Gasteiger partial charge in [0.1, 0.15) is 5.82 Å². The van der Waals surface area contributed by atoms with Crippen molar-refractivity contribution in [2.75, 3.05) is 10.6 Å². The Morgan fingerprint density at radius 2 is 1.77 bits per heavy atom. The summed E-state index contributed by atoms with van der Waals surface area (Å²) in [5, 5.41) is 6.21. The normalized spacial score (nSPS) is 10.4. The second-order valence-corrected chi connectivity index (χ2v) is 6.28. The lowest BCUT2D eigenvalue weighted by Crippen LogP contribution is -2.14. The van der Waals surface area contributed by atoms with E-state index in [-0.39, 0.29) is 5.91 Å². The lowest BCUT2D eigenvalue weighted by Gasteiger charge is -2.11. The Bertz CT molecular complexity index is 871. The predicted molar refractivity (Wildman–Crippen MR) is 107 cm³/mol. The zero-order chi connectivity index (χ0) is 18.4. The van der Waals surface area contributed by atoms with Crippen LogP contribution in [-0.4, -0.2) is 10.9 Å². The third-order valence-corrected chi connectivity index (χ3v) is 4.19. The van der Waals surface area contributed by atoms with E-state index >= 15 is 0 Å². The van der Waals surface area contributed by atoms with Crippen LogP contribution >= 0.6 is 0 Å². The molecule has 0 radical (unpaired) electrons. The number of carbonyl (C=O) groups is 1. The highest BCUT2D eigenvalue weighted by molar-refractivity contribution is 5.92. The molecule has 0 spiro atoms. The first-order valence-electron chi connectivity index (χ1n) is 8.80. The number of benzene rings is 2. The second kappa shape index (κ2) is 8.30. The number of hydrogen-bond acceptors (Lipinski definition) is 3. The Morgan fingerprint density at radius 3 is 2.46 bits per heavy atom. The maximum absolute atomic E-state index is 12.2. The van der Waals surface area contributed by atoms with E-state index in [1.165, 1.54) is 11.1 Å². The monoisotopic (exact) mass is 345 g/mol. The summed E-state index contributed by atoms with van der Waals surface area (Å²) in [4.78, 5) is 16.6. The van der Waals surface area contributed by atoms with Crippen molar-refractivity contribution in [3.05, 3.63) is 83.6 Å². The van der Waals surface area contributed by atoms with Crippen LogP contribution in [0.15, 0.2) is 66.9 Å². The first-order chi connectivity index (χ1) is 12.6. The summed E-state index contributed by atoms with van der Waals surface area (Å²) >= 11 is 0. The first kappa shape index (κ1) is 17.7. The van der Waals surface area contributed by atoms with Gasteiger partial charge in [0.05, 0.1) is 18.3 Å². The van der Waals surface area contributed by atoms with Gasteiger partial charge in [-0.15, -0.1) is 0 Å². The molecule has 0 saturated heterocycles. The van der Waals surface area contributed by atoms with Gasteiger partial charge in [-0.05, 0) is 42.7 Å². The summed E-state index contributed by atoms with van der Waals surface area (Å²) in [5.41, 5.74) is 5.17. The van der Waals surface area contributed by atoms with E-state index in [9.17, 15) is 4.79 Å². The Hall–Kier alpha value is -3.14. The number of hydrogen-bond donors (Lipinski definition) is 2. The van der Waals surface area contributed by atoms with Crippen LogP contribution in [0.2, 0.25) is 0 Å². The van der Waals surface area contributed by atoms with Crippen molar-refractivity contribution in [2.24, 2.45) is 0 Å². The molecule has 3 aromatic rings. The van der Waals surface area contributed by atoms with E-state index < -0.39 is 0 Å². The lowest BCUT2D eigenvalue weighted by molar-refractivity contribution is -0.115. The molecule has 132 valence electrons. The number of pyridine rings is 1. The van der Waals surface area contributed by atoms with Crippen LogP contribution in [0.4, 0.5) is 17.2 Å². The van der Waals surface area contributed by atoms with E-state index in [0.717, 1.165) is 23.5 Å². The average molecular weight is 345 g/mol. The van der Waals surface area contributed by atoms with Gasteiger partial charge in [-0.2, -0.15) is 0 Å². The van der Waals surface area contributed by atoms with Gasteiger partial charge in [-0.25, -0.2) is 4.98 Å². The summed E-state index contributed by atoms with van der Waals surface area (Å²) in [7, 11) is 0. The summed E-state index contributed by atoms with van der Waals surface area (Å²) in [6.45, 7) is 4.16. The average Bonchev–Trinajstić information content (AvgIpc) is 2.65. The fraction of sp³-hybridized carbons (Fsp3) is 0.182. The van der Waals surface area contributed by atoms with Crippen LogP contribution in [-0.2, 0) is 17.6 Å². The van der Waals surface area contributed by atoms with Gasteiger partial charge in [0.25, 0.3) is 0 Å². The van der Waals surface area contributed by atoms with Crippen molar-refractivity contribution in [1.82, 2.24) is 4.98 Å². The molecule has 0 atom stereocenters. The number of amides is 1. The predicted octanol–water partition coefficient (Wildman–Crippen LogP) is 4.88. The number of rotatable bonds is 6. The Kier molecular flexibility index (Phi) is 5.64. The molecular formula is C22H23N3O. The molecule has 0 unspecified atom stereocenters. The van der Waals surface area contributed by atoms with Crippen molar-refractivity contribution >= 4 is 23.1 Å². The van der Waals surface area contributed by atoms with Gasteiger partial charge >= 0.3 is 0 Å². The number of nitrogens with one attached hydrogen (secondary N) is 2. The van der Waals surface area contributed by atoms with Crippen LogP contribution in [0.25, 0.3) is 0 Å². The van der Waals surface area contributed by atoms with Gasteiger partial charge in [0, 0.05) is 5.69 Å². The molecule has 2 aromatic carbocycles. The van der Waals surface area contributed by atoms with E-state index in [2.05, 4.69) is 28.6 Å². The number of para-hydroxylation sites is 1. The third kappa shape index (κ3) is 4.70. The standard InChI is InChI=1S/C22H23N3O/c1-3-18-6-4-5-7-20(18)25-21-13-12-19(15-23-21)24-22(26)14-17-10-8-16(2)9-11-17/h4-13,15H,3,14H2,1-2H3,(H,23,25)(H,24,26). The molecule has 1 heterocycles. The highest BCUT2D eigenvalue weighted by Gasteiger charge is 2.06. The Morgan fingerprint density at radius 1 is 1.00 bits per heavy atom. The van der Waals surface area contributed by atoms with Crippen LogP contribution < -0.4 is 10.6 Å². The van der Waals surface area contributed by atoms with Gasteiger partial charge in [0.2, 0.25) is 5.91 Å². The SMILES string of the molecule is CCc1ccccc1Nc1ccc(NC(=O)Cc2ccc(C)cc2)cn1. The van der Waals surface area contributed by atoms with Gasteiger partial charge in [0.15, 0.2) is 0 Å².